The van der Waals surface area contributed by atoms with Crippen LogP contribution in [-0.2, 0) is 0 Å². The number of halogens is 1. The molecule has 0 spiro atoms. The molecule has 0 radical (unpaired) electrons. The average molecular weight is 355 g/mol. The lowest BCUT2D eigenvalue weighted by molar-refractivity contribution is 0.0955. The molecule has 0 fully saturated rings. The molecule has 0 saturated heterocycles. The summed E-state index contributed by atoms with van der Waals surface area (Å²) in [5.74, 6) is -0.295. The summed E-state index contributed by atoms with van der Waals surface area (Å²) in [4.78, 5) is 12.0. The van der Waals surface area contributed by atoms with E-state index in [4.69, 9.17) is 11.6 Å². The largest absolute Gasteiger partial charge is 0.508 e. The molecular formula is C18H15ClN4O2. The molecule has 0 bridgehead atoms. The minimum atomic E-state index is -0.388. The van der Waals surface area contributed by atoms with Crippen molar-refractivity contribution in [3.05, 3.63) is 76.6 Å². The monoisotopic (exact) mass is 354 g/mol. The second kappa shape index (κ2) is 7.19. The van der Waals surface area contributed by atoms with Crippen molar-refractivity contribution in [2.45, 2.75) is 6.92 Å². The molecule has 6 nitrogen and oxygen atoms in total. The molecule has 0 saturated carbocycles. The third-order valence-electron chi connectivity index (χ3n) is 3.54. The van der Waals surface area contributed by atoms with Gasteiger partial charge in [0.15, 0.2) is 0 Å². The summed E-state index contributed by atoms with van der Waals surface area (Å²) in [5, 5.41) is 18.0. The number of hydrogen-bond donors (Lipinski definition) is 2. The highest BCUT2D eigenvalue weighted by Crippen LogP contribution is 2.21. The lowest BCUT2D eigenvalue weighted by atomic mass is 10.2. The fourth-order valence-corrected chi connectivity index (χ4v) is 2.55. The Hall–Kier alpha value is -3.12. The number of aromatic nitrogens is 2. The van der Waals surface area contributed by atoms with Gasteiger partial charge in [-0.25, -0.2) is 10.1 Å². The molecule has 0 aliphatic heterocycles. The van der Waals surface area contributed by atoms with Crippen molar-refractivity contribution in [3.63, 3.8) is 0 Å². The average Bonchev–Trinajstić information content (AvgIpc) is 2.91. The van der Waals surface area contributed by atoms with Crippen LogP contribution in [0.15, 0.2) is 59.7 Å². The number of para-hydroxylation sites is 1. The molecule has 126 valence electrons. The van der Waals surface area contributed by atoms with Crippen molar-refractivity contribution in [2.75, 3.05) is 0 Å². The number of hydrazone groups is 1. The number of benzene rings is 2. The summed E-state index contributed by atoms with van der Waals surface area (Å²) < 4.78 is 1.61. The maximum Gasteiger partial charge on any atom is 0.271 e. The standard InChI is InChI=1S/C18H15ClN4O2/c1-12-16(17(19)23(22-12)14-5-3-2-4-6-14)11-20-21-18(25)13-7-9-15(24)10-8-13/h2-11,24H,1H3,(H,21,25). The molecule has 3 aromatic rings. The van der Waals surface area contributed by atoms with Gasteiger partial charge in [-0.05, 0) is 43.3 Å². The molecule has 0 atom stereocenters. The summed E-state index contributed by atoms with van der Waals surface area (Å²) in [6.45, 7) is 1.81. The highest BCUT2D eigenvalue weighted by Gasteiger charge is 2.13. The maximum absolute atomic E-state index is 12.0. The fraction of sp³-hybridized carbons (Fsp3) is 0.0556. The molecule has 2 aromatic carbocycles. The van der Waals surface area contributed by atoms with Crippen molar-refractivity contribution in [1.29, 1.82) is 0 Å². The zero-order valence-electron chi connectivity index (χ0n) is 13.3. The second-order valence-corrected chi connectivity index (χ2v) is 5.64. The van der Waals surface area contributed by atoms with Gasteiger partial charge in [0.1, 0.15) is 10.9 Å². The van der Waals surface area contributed by atoms with Crippen molar-refractivity contribution >= 4 is 23.7 Å². The van der Waals surface area contributed by atoms with Gasteiger partial charge in [-0.1, -0.05) is 29.8 Å². The number of nitrogens with one attached hydrogen (secondary N) is 1. The predicted octanol–water partition coefficient (Wildman–Crippen LogP) is 3.30. The summed E-state index contributed by atoms with van der Waals surface area (Å²) in [6.07, 6.45) is 1.46. The Kier molecular flexibility index (Phi) is 4.81. The van der Waals surface area contributed by atoms with Crippen molar-refractivity contribution in [1.82, 2.24) is 15.2 Å². The van der Waals surface area contributed by atoms with Crippen molar-refractivity contribution in [2.24, 2.45) is 5.10 Å². The summed E-state index contributed by atoms with van der Waals surface area (Å²) in [5.41, 5.74) is 4.96. The van der Waals surface area contributed by atoms with E-state index in [0.29, 0.717) is 22.0 Å². The highest BCUT2D eigenvalue weighted by atomic mass is 35.5. The molecule has 0 aliphatic carbocycles. The number of phenols is 1. The van der Waals surface area contributed by atoms with Crippen LogP contribution in [0.3, 0.4) is 0 Å². The molecule has 7 heteroatoms. The van der Waals surface area contributed by atoms with E-state index in [-0.39, 0.29) is 11.7 Å². The van der Waals surface area contributed by atoms with Crippen LogP contribution >= 0.6 is 11.6 Å². The van der Waals surface area contributed by atoms with E-state index < -0.39 is 0 Å². The molecule has 1 aromatic heterocycles. The number of carbonyl (C=O) groups is 1. The quantitative estimate of drug-likeness (QED) is 0.557. The lowest BCUT2D eigenvalue weighted by Crippen LogP contribution is -2.17. The van der Waals surface area contributed by atoms with Gasteiger partial charge in [0, 0.05) is 5.56 Å². The Morgan fingerprint density at radius 3 is 2.56 bits per heavy atom. The minimum absolute atomic E-state index is 0.0933. The Bertz CT molecular complexity index is 918. The molecule has 25 heavy (non-hydrogen) atoms. The summed E-state index contributed by atoms with van der Waals surface area (Å²) in [7, 11) is 0. The number of nitrogens with zero attached hydrogens (tertiary/aromatic N) is 3. The van der Waals surface area contributed by atoms with Gasteiger partial charge < -0.3 is 5.11 Å². The number of hydrogen-bond acceptors (Lipinski definition) is 4. The SMILES string of the molecule is Cc1nn(-c2ccccc2)c(Cl)c1C=NNC(=O)c1ccc(O)cc1. The van der Waals surface area contributed by atoms with Crippen LogP contribution in [0, 0.1) is 6.92 Å². The van der Waals surface area contributed by atoms with Crippen LogP contribution in [0.25, 0.3) is 5.69 Å². The lowest BCUT2D eigenvalue weighted by Gasteiger charge is -2.02. The number of carbonyl (C=O) groups excluding carboxylic acids is 1. The third kappa shape index (κ3) is 3.70. The second-order valence-electron chi connectivity index (χ2n) is 5.28. The molecule has 0 aliphatic rings. The van der Waals surface area contributed by atoms with E-state index in [2.05, 4.69) is 15.6 Å². The number of amides is 1. The van der Waals surface area contributed by atoms with Crippen molar-refractivity contribution < 1.29 is 9.90 Å². The zero-order valence-corrected chi connectivity index (χ0v) is 14.1. The van der Waals surface area contributed by atoms with Gasteiger partial charge in [0.2, 0.25) is 0 Å². The number of phenolic OH excluding ortho intramolecular Hbond substituents is 1. The first kappa shape index (κ1) is 16.7. The summed E-state index contributed by atoms with van der Waals surface area (Å²) in [6, 6.07) is 15.4. The van der Waals surface area contributed by atoms with Crippen LogP contribution in [0.1, 0.15) is 21.6 Å². The fourth-order valence-electron chi connectivity index (χ4n) is 2.23. The van der Waals surface area contributed by atoms with Gasteiger partial charge in [-0.2, -0.15) is 10.2 Å². The van der Waals surface area contributed by atoms with Crippen molar-refractivity contribution in [3.8, 4) is 11.4 Å². The normalized spacial score (nSPS) is 11.0. The van der Waals surface area contributed by atoms with Gasteiger partial charge in [0.05, 0.1) is 23.2 Å². The van der Waals surface area contributed by atoms with E-state index in [0.717, 1.165) is 5.69 Å². The van der Waals surface area contributed by atoms with E-state index >= 15 is 0 Å². The molecule has 1 heterocycles. The molecular weight excluding hydrogens is 340 g/mol. The first-order chi connectivity index (χ1) is 12.1. The van der Waals surface area contributed by atoms with Gasteiger partial charge in [0.25, 0.3) is 5.91 Å². The van der Waals surface area contributed by atoms with Gasteiger partial charge >= 0.3 is 0 Å². The highest BCUT2D eigenvalue weighted by molar-refractivity contribution is 6.32. The van der Waals surface area contributed by atoms with Crippen LogP contribution in [0.4, 0.5) is 0 Å². The van der Waals surface area contributed by atoms with Crippen LogP contribution in [-0.4, -0.2) is 27.0 Å². The summed E-state index contributed by atoms with van der Waals surface area (Å²) >= 11 is 6.38. The smallest absolute Gasteiger partial charge is 0.271 e. The van der Waals surface area contributed by atoms with Crippen LogP contribution < -0.4 is 5.43 Å². The van der Waals surface area contributed by atoms with Crippen LogP contribution in [0.2, 0.25) is 5.15 Å². The Morgan fingerprint density at radius 1 is 1.20 bits per heavy atom. The Morgan fingerprint density at radius 2 is 1.88 bits per heavy atom. The maximum atomic E-state index is 12.0. The predicted molar refractivity (Wildman–Crippen MR) is 96.5 cm³/mol. The molecule has 3 rings (SSSR count). The van der Waals surface area contributed by atoms with E-state index in [9.17, 15) is 9.90 Å². The molecule has 1 amide bonds. The van der Waals surface area contributed by atoms with Gasteiger partial charge in [-0.15, -0.1) is 0 Å². The zero-order chi connectivity index (χ0) is 17.8. The third-order valence-corrected chi connectivity index (χ3v) is 3.90. The molecule has 2 N–H and O–H groups in total. The first-order valence-electron chi connectivity index (χ1n) is 7.49. The topological polar surface area (TPSA) is 79.5 Å². The Balaban J connectivity index is 1.77. The molecule has 0 unspecified atom stereocenters. The van der Waals surface area contributed by atoms with E-state index in [1.807, 2.05) is 37.3 Å². The Labute approximate surface area is 149 Å². The van der Waals surface area contributed by atoms with E-state index in [1.54, 1.807) is 4.68 Å². The first-order valence-corrected chi connectivity index (χ1v) is 7.87. The van der Waals surface area contributed by atoms with Gasteiger partial charge in [-0.3, -0.25) is 4.79 Å². The number of aryl methyl sites for hydroxylation is 1. The van der Waals surface area contributed by atoms with Crippen LogP contribution in [0.5, 0.6) is 5.75 Å². The minimum Gasteiger partial charge on any atom is -0.508 e. The van der Waals surface area contributed by atoms with E-state index in [1.165, 1.54) is 30.5 Å². The number of rotatable bonds is 4. The number of aromatic hydroxyl groups is 1.